The number of Topliss-reactive ketones (excluding diaryl/α,β-unsaturated/α-hetero) is 1. The lowest BCUT2D eigenvalue weighted by atomic mass is 10.1. The van der Waals surface area contributed by atoms with Gasteiger partial charge in [-0.3, -0.25) is 9.59 Å². The van der Waals surface area contributed by atoms with E-state index in [2.05, 4.69) is 5.32 Å². The molecule has 25 heavy (non-hydrogen) atoms. The van der Waals surface area contributed by atoms with Crippen molar-refractivity contribution in [2.45, 2.75) is 19.9 Å². The van der Waals surface area contributed by atoms with Gasteiger partial charge in [0.1, 0.15) is 6.04 Å². The van der Waals surface area contributed by atoms with Crippen LogP contribution in [-0.2, 0) is 9.53 Å². The van der Waals surface area contributed by atoms with Gasteiger partial charge in [-0.25, -0.2) is 4.79 Å². The standard InChI is InChI=1S/C19H18ClNO4/c1-12-4-3-5-15(10-12)18(23)21-13(2)19(24)25-11-17(22)14-6-8-16(20)9-7-14/h3-10,13H,11H2,1-2H3,(H,21,23)/t13-/m0/s1. The SMILES string of the molecule is Cc1cccc(C(=O)N[C@@H](C)C(=O)OCC(=O)c2ccc(Cl)cc2)c1. The number of benzene rings is 2. The van der Waals surface area contributed by atoms with E-state index in [0.29, 0.717) is 16.1 Å². The molecule has 0 aliphatic heterocycles. The van der Waals surface area contributed by atoms with Gasteiger partial charge in [-0.1, -0.05) is 29.3 Å². The summed E-state index contributed by atoms with van der Waals surface area (Å²) < 4.78 is 4.97. The zero-order chi connectivity index (χ0) is 18.4. The third-order valence-corrected chi connectivity index (χ3v) is 3.75. The Morgan fingerprint density at radius 3 is 2.40 bits per heavy atom. The van der Waals surface area contributed by atoms with Crippen LogP contribution in [-0.4, -0.2) is 30.3 Å². The summed E-state index contributed by atoms with van der Waals surface area (Å²) in [5.41, 5.74) is 1.79. The number of amides is 1. The number of hydrogen-bond acceptors (Lipinski definition) is 4. The second kappa shape index (κ2) is 8.44. The molecule has 2 aromatic rings. The monoisotopic (exact) mass is 359 g/mol. The molecule has 2 rings (SSSR count). The van der Waals surface area contributed by atoms with Gasteiger partial charge >= 0.3 is 5.97 Å². The quantitative estimate of drug-likeness (QED) is 0.635. The van der Waals surface area contributed by atoms with Crippen molar-refractivity contribution in [1.29, 1.82) is 0 Å². The largest absolute Gasteiger partial charge is 0.456 e. The summed E-state index contributed by atoms with van der Waals surface area (Å²) in [5.74, 6) is -1.40. The zero-order valence-corrected chi connectivity index (χ0v) is 14.7. The first-order valence-corrected chi connectivity index (χ1v) is 8.07. The Morgan fingerprint density at radius 2 is 1.76 bits per heavy atom. The minimum atomic E-state index is -0.869. The van der Waals surface area contributed by atoms with E-state index in [9.17, 15) is 14.4 Å². The van der Waals surface area contributed by atoms with Crippen molar-refractivity contribution in [3.8, 4) is 0 Å². The molecule has 6 heteroatoms. The molecule has 1 N–H and O–H groups in total. The highest BCUT2D eigenvalue weighted by molar-refractivity contribution is 6.30. The van der Waals surface area contributed by atoms with Crippen LogP contribution in [0.2, 0.25) is 5.02 Å². The van der Waals surface area contributed by atoms with Crippen LogP contribution in [0.15, 0.2) is 48.5 Å². The summed E-state index contributed by atoms with van der Waals surface area (Å²) >= 11 is 5.76. The lowest BCUT2D eigenvalue weighted by Crippen LogP contribution is -2.40. The molecule has 0 heterocycles. The van der Waals surface area contributed by atoms with Crippen LogP contribution in [0.25, 0.3) is 0 Å². The van der Waals surface area contributed by atoms with Gasteiger partial charge in [0.2, 0.25) is 0 Å². The molecule has 1 amide bonds. The topological polar surface area (TPSA) is 72.5 Å². The molecule has 0 fully saturated rings. The molecule has 0 aliphatic carbocycles. The summed E-state index contributed by atoms with van der Waals surface area (Å²) in [7, 11) is 0. The Morgan fingerprint density at radius 1 is 1.08 bits per heavy atom. The van der Waals surface area contributed by atoms with Crippen LogP contribution < -0.4 is 5.32 Å². The summed E-state index contributed by atoms with van der Waals surface area (Å²) in [6, 6.07) is 12.4. The Kier molecular flexibility index (Phi) is 6.31. The van der Waals surface area contributed by atoms with Crippen molar-refractivity contribution < 1.29 is 19.1 Å². The first-order chi connectivity index (χ1) is 11.9. The van der Waals surface area contributed by atoms with E-state index < -0.39 is 18.6 Å². The molecular formula is C19H18ClNO4. The van der Waals surface area contributed by atoms with Gasteiger partial charge in [0.05, 0.1) is 0 Å². The Labute approximate surface area is 150 Å². The van der Waals surface area contributed by atoms with Crippen molar-refractivity contribution in [1.82, 2.24) is 5.32 Å². The highest BCUT2D eigenvalue weighted by Crippen LogP contribution is 2.10. The van der Waals surface area contributed by atoms with E-state index in [1.54, 1.807) is 42.5 Å². The molecule has 0 unspecified atom stereocenters. The lowest BCUT2D eigenvalue weighted by molar-refractivity contribution is -0.144. The molecule has 0 spiro atoms. The van der Waals surface area contributed by atoms with E-state index in [4.69, 9.17) is 16.3 Å². The lowest BCUT2D eigenvalue weighted by Gasteiger charge is -2.13. The summed E-state index contributed by atoms with van der Waals surface area (Å²) in [4.78, 5) is 36.0. The zero-order valence-electron chi connectivity index (χ0n) is 13.9. The molecule has 2 aromatic carbocycles. The predicted octanol–water partition coefficient (Wildman–Crippen LogP) is 3.19. The highest BCUT2D eigenvalue weighted by atomic mass is 35.5. The van der Waals surface area contributed by atoms with Gasteiger partial charge in [-0.2, -0.15) is 0 Å². The van der Waals surface area contributed by atoms with Crippen molar-refractivity contribution in [3.05, 3.63) is 70.2 Å². The maximum absolute atomic E-state index is 12.1. The normalized spacial score (nSPS) is 11.5. The maximum atomic E-state index is 12.1. The molecule has 0 bridgehead atoms. The maximum Gasteiger partial charge on any atom is 0.328 e. The number of hydrogen-bond donors (Lipinski definition) is 1. The van der Waals surface area contributed by atoms with Gasteiger partial charge in [0.15, 0.2) is 12.4 Å². The minimum absolute atomic E-state index is 0.345. The highest BCUT2D eigenvalue weighted by Gasteiger charge is 2.19. The van der Waals surface area contributed by atoms with Crippen LogP contribution in [0.4, 0.5) is 0 Å². The van der Waals surface area contributed by atoms with Crippen molar-refractivity contribution >= 4 is 29.3 Å². The van der Waals surface area contributed by atoms with Crippen molar-refractivity contribution in [2.24, 2.45) is 0 Å². The molecule has 1 atom stereocenters. The molecule has 0 radical (unpaired) electrons. The minimum Gasteiger partial charge on any atom is -0.456 e. The van der Waals surface area contributed by atoms with Gasteiger partial charge < -0.3 is 10.1 Å². The Bertz CT molecular complexity index is 786. The molecule has 5 nitrogen and oxygen atoms in total. The fraction of sp³-hybridized carbons (Fsp3) is 0.211. The van der Waals surface area contributed by atoms with Crippen molar-refractivity contribution in [3.63, 3.8) is 0 Å². The average molecular weight is 360 g/mol. The first kappa shape index (κ1) is 18.7. The average Bonchev–Trinajstić information content (AvgIpc) is 2.59. The van der Waals surface area contributed by atoms with E-state index in [0.717, 1.165) is 5.56 Å². The molecule has 0 aliphatic rings. The van der Waals surface area contributed by atoms with Crippen LogP contribution in [0.3, 0.4) is 0 Å². The fourth-order valence-corrected chi connectivity index (χ4v) is 2.23. The number of nitrogens with one attached hydrogen (secondary N) is 1. The van der Waals surface area contributed by atoms with E-state index in [-0.39, 0.29) is 11.7 Å². The van der Waals surface area contributed by atoms with Gasteiger partial charge in [-0.15, -0.1) is 0 Å². The second-order valence-electron chi connectivity index (χ2n) is 5.60. The molecule has 0 saturated carbocycles. The molecule has 0 saturated heterocycles. The number of esters is 1. The Balaban J connectivity index is 1.86. The summed E-state index contributed by atoms with van der Waals surface area (Å²) in [6.07, 6.45) is 0. The second-order valence-corrected chi connectivity index (χ2v) is 6.04. The van der Waals surface area contributed by atoms with E-state index >= 15 is 0 Å². The van der Waals surface area contributed by atoms with Gasteiger partial charge in [-0.05, 0) is 50.2 Å². The van der Waals surface area contributed by atoms with Gasteiger partial charge in [0.25, 0.3) is 5.91 Å². The Hall–Kier alpha value is -2.66. The van der Waals surface area contributed by atoms with Crippen molar-refractivity contribution in [2.75, 3.05) is 6.61 Å². The number of aryl methyl sites for hydroxylation is 1. The third-order valence-electron chi connectivity index (χ3n) is 3.49. The van der Waals surface area contributed by atoms with E-state index in [1.807, 2.05) is 13.0 Å². The van der Waals surface area contributed by atoms with E-state index in [1.165, 1.54) is 6.92 Å². The number of halogens is 1. The van der Waals surface area contributed by atoms with Crippen LogP contribution >= 0.6 is 11.6 Å². The fourth-order valence-electron chi connectivity index (χ4n) is 2.11. The van der Waals surface area contributed by atoms with Crippen LogP contribution in [0.5, 0.6) is 0 Å². The number of ether oxygens (including phenoxy) is 1. The van der Waals surface area contributed by atoms with Gasteiger partial charge in [0, 0.05) is 16.1 Å². The molecule has 130 valence electrons. The number of rotatable bonds is 6. The summed E-state index contributed by atoms with van der Waals surface area (Å²) in [6.45, 7) is 2.98. The van der Waals surface area contributed by atoms with Crippen LogP contribution in [0, 0.1) is 6.92 Å². The molecule has 0 aromatic heterocycles. The smallest absolute Gasteiger partial charge is 0.328 e. The number of carbonyl (C=O) groups is 3. The predicted molar refractivity (Wildman–Crippen MR) is 94.8 cm³/mol. The summed E-state index contributed by atoms with van der Waals surface area (Å²) in [5, 5.41) is 3.07. The van der Waals surface area contributed by atoms with Crippen LogP contribution in [0.1, 0.15) is 33.2 Å². The molecular weight excluding hydrogens is 342 g/mol. The third kappa shape index (κ3) is 5.43. The number of carbonyl (C=O) groups excluding carboxylic acids is 3. The number of ketones is 1. The first-order valence-electron chi connectivity index (χ1n) is 7.70.